The number of piperazine rings is 1. The number of nitrogens with zero attached hydrogens (tertiary/aromatic N) is 3. The van der Waals surface area contributed by atoms with E-state index in [-0.39, 0.29) is 6.61 Å². The van der Waals surface area contributed by atoms with Crippen molar-refractivity contribution in [1.82, 2.24) is 14.8 Å². The first-order valence-electron chi connectivity index (χ1n) is 12.6. The number of aliphatic hydroxyl groups excluding tert-OH is 1. The first-order chi connectivity index (χ1) is 17.6. The monoisotopic (exact) mass is 503 g/mol. The normalized spacial score (nSPS) is 19.4. The van der Waals surface area contributed by atoms with Gasteiger partial charge in [0.1, 0.15) is 24.0 Å². The first kappa shape index (κ1) is 23.5. The highest BCUT2D eigenvalue weighted by Crippen LogP contribution is 2.39. The molecule has 0 saturated carbocycles. The summed E-state index contributed by atoms with van der Waals surface area (Å²) in [5, 5.41) is 11.5. The van der Waals surface area contributed by atoms with Gasteiger partial charge in [0.15, 0.2) is 5.58 Å². The van der Waals surface area contributed by atoms with Crippen LogP contribution in [-0.4, -0.2) is 65.3 Å². The van der Waals surface area contributed by atoms with E-state index in [1.54, 1.807) is 0 Å². The van der Waals surface area contributed by atoms with Crippen LogP contribution in [-0.2, 0) is 6.42 Å². The van der Waals surface area contributed by atoms with Crippen LogP contribution in [0.15, 0.2) is 71.1 Å². The molecule has 1 fully saturated rings. The minimum Gasteiger partial charge on any atom is -0.491 e. The van der Waals surface area contributed by atoms with Crippen molar-refractivity contribution in [2.75, 3.05) is 39.3 Å². The van der Waals surface area contributed by atoms with Crippen LogP contribution in [0.1, 0.15) is 23.6 Å². The molecule has 36 heavy (non-hydrogen) atoms. The number of aliphatic hydroxyl groups is 1. The van der Waals surface area contributed by atoms with Gasteiger partial charge in [-0.2, -0.15) is 0 Å². The minimum absolute atomic E-state index is 0.240. The topological polar surface area (TPSA) is 62.0 Å². The van der Waals surface area contributed by atoms with Gasteiger partial charge in [0, 0.05) is 55.4 Å². The van der Waals surface area contributed by atoms with E-state index >= 15 is 0 Å². The maximum atomic E-state index is 10.6. The molecule has 3 aromatic carbocycles. The van der Waals surface area contributed by atoms with Crippen LogP contribution in [0, 0.1) is 0 Å². The summed E-state index contributed by atoms with van der Waals surface area (Å²) in [6, 6.07) is 22.2. The number of oxazole rings is 1. The Balaban J connectivity index is 1.000. The number of ether oxygens (including phenoxy) is 1. The minimum atomic E-state index is -0.560. The van der Waals surface area contributed by atoms with Gasteiger partial charge in [0.25, 0.3) is 0 Å². The first-order valence-corrected chi connectivity index (χ1v) is 13.0. The fraction of sp³-hybridized carbons (Fsp3) is 0.345. The van der Waals surface area contributed by atoms with Gasteiger partial charge >= 0.3 is 0 Å². The maximum absolute atomic E-state index is 10.6. The highest BCUT2D eigenvalue weighted by atomic mass is 35.5. The zero-order valence-electron chi connectivity index (χ0n) is 20.1. The number of β-amino-alcohol motifs (C(OH)–C–C–N with tert-alkyl or cyclic N) is 1. The Morgan fingerprint density at radius 2 is 1.86 bits per heavy atom. The molecule has 2 heterocycles. The summed E-state index contributed by atoms with van der Waals surface area (Å²) in [5.74, 6) is 1.27. The molecule has 0 amide bonds. The molecule has 2 aliphatic rings. The molecular formula is C29H30ClN3O3. The van der Waals surface area contributed by atoms with Gasteiger partial charge in [0.05, 0.1) is 0 Å². The van der Waals surface area contributed by atoms with Crippen LogP contribution in [0.3, 0.4) is 0 Å². The number of aromatic nitrogens is 1. The Morgan fingerprint density at radius 1 is 1.03 bits per heavy atom. The van der Waals surface area contributed by atoms with Crippen molar-refractivity contribution in [3.05, 3.63) is 82.9 Å². The molecule has 7 heteroatoms. The third kappa shape index (κ3) is 4.87. The number of halogens is 1. The third-order valence-corrected chi connectivity index (χ3v) is 7.67. The van der Waals surface area contributed by atoms with Gasteiger partial charge in [-0.3, -0.25) is 9.80 Å². The smallest absolute Gasteiger partial charge is 0.227 e. The predicted molar refractivity (Wildman–Crippen MR) is 141 cm³/mol. The van der Waals surface area contributed by atoms with Gasteiger partial charge in [0.2, 0.25) is 5.89 Å². The summed E-state index contributed by atoms with van der Waals surface area (Å²) in [6.07, 6.45) is 1.64. The van der Waals surface area contributed by atoms with Crippen molar-refractivity contribution in [3.63, 3.8) is 0 Å². The third-order valence-electron chi connectivity index (χ3n) is 7.32. The summed E-state index contributed by atoms with van der Waals surface area (Å²) in [7, 11) is 0. The summed E-state index contributed by atoms with van der Waals surface area (Å²) in [5.41, 5.74) is 5.11. The van der Waals surface area contributed by atoms with E-state index in [0.29, 0.717) is 29.8 Å². The molecule has 2 atom stereocenters. The quantitative estimate of drug-likeness (QED) is 0.374. The number of rotatable bonds is 7. The van der Waals surface area contributed by atoms with Crippen molar-refractivity contribution in [1.29, 1.82) is 0 Å². The summed E-state index contributed by atoms with van der Waals surface area (Å²) in [4.78, 5) is 9.49. The van der Waals surface area contributed by atoms with Crippen LogP contribution in [0.4, 0.5) is 0 Å². The lowest BCUT2D eigenvalue weighted by atomic mass is 10.1. The highest BCUT2D eigenvalue weighted by molar-refractivity contribution is 6.31. The standard InChI is InChI=1S/C29H30ClN3O3/c30-25-8-4-7-24-23(25)10-11-27(24)33-15-13-32(14-16-33)18-21(34)19-35-22-9-12-28-26(17-22)31-29(36-28)20-5-2-1-3-6-20/h1-9,12,17,21,27,34H,10-11,13-16,18-19H2/t21-,27+/m1/s1. The fourth-order valence-corrected chi connectivity index (χ4v) is 5.75. The molecule has 0 unspecified atom stereocenters. The average molecular weight is 504 g/mol. The molecule has 186 valence electrons. The van der Waals surface area contributed by atoms with Gasteiger partial charge < -0.3 is 14.3 Å². The second kappa shape index (κ2) is 10.2. The molecular weight excluding hydrogens is 474 g/mol. The van der Waals surface area contributed by atoms with Crippen molar-refractivity contribution in [3.8, 4) is 17.2 Å². The molecule has 0 radical (unpaired) electrons. The average Bonchev–Trinajstić information content (AvgIpc) is 3.54. The van der Waals surface area contributed by atoms with Crippen molar-refractivity contribution in [2.24, 2.45) is 0 Å². The SMILES string of the molecule is O[C@@H](COc1ccc2oc(-c3ccccc3)nc2c1)CN1CCN([C@H]2CCc3c(Cl)cccc32)CC1. The summed E-state index contributed by atoms with van der Waals surface area (Å²) >= 11 is 6.41. The van der Waals surface area contributed by atoms with Crippen LogP contribution in [0.25, 0.3) is 22.6 Å². The van der Waals surface area contributed by atoms with Crippen LogP contribution < -0.4 is 4.74 Å². The molecule has 6 nitrogen and oxygen atoms in total. The van der Waals surface area contributed by atoms with E-state index in [1.807, 2.05) is 54.6 Å². The van der Waals surface area contributed by atoms with Gasteiger partial charge in [-0.25, -0.2) is 4.98 Å². The summed E-state index contributed by atoms with van der Waals surface area (Å²) in [6.45, 7) is 4.72. The number of hydrogen-bond acceptors (Lipinski definition) is 6. The number of hydrogen-bond donors (Lipinski definition) is 1. The number of benzene rings is 3. The lowest BCUT2D eigenvalue weighted by molar-refractivity contribution is 0.0362. The Morgan fingerprint density at radius 3 is 2.69 bits per heavy atom. The van der Waals surface area contributed by atoms with Crippen LogP contribution in [0.5, 0.6) is 5.75 Å². The van der Waals surface area contributed by atoms with E-state index in [4.69, 9.17) is 20.8 Å². The largest absolute Gasteiger partial charge is 0.491 e. The number of fused-ring (bicyclic) bond motifs is 2. The van der Waals surface area contributed by atoms with E-state index in [0.717, 1.165) is 55.1 Å². The van der Waals surface area contributed by atoms with Crippen molar-refractivity contribution in [2.45, 2.75) is 25.0 Å². The molecule has 4 aromatic rings. The molecule has 1 aromatic heterocycles. The molecule has 1 N–H and O–H groups in total. The lowest BCUT2D eigenvalue weighted by Gasteiger charge is -2.39. The van der Waals surface area contributed by atoms with Gasteiger partial charge in [-0.05, 0) is 54.3 Å². The second-order valence-electron chi connectivity index (χ2n) is 9.68. The highest BCUT2D eigenvalue weighted by Gasteiger charge is 2.31. The molecule has 1 saturated heterocycles. The Labute approximate surface area is 216 Å². The van der Waals surface area contributed by atoms with E-state index in [2.05, 4.69) is 26.9 Å². The maximum Gasteiger partial charge on any atom is 0.227 e. The van der Waals surface area contributed by atoms with Crippen LogP contribution >= 0.6 is 11.6 Å². The fourth-order valence-electron chi connectivity index (χ4n) is 5.47. The van der Waals surface area contributed by atoms with Crippen molar-refractivity contribution >= 4 is 22.7 Å². The molecule has 1 aliphatic heterocycles. The Bertz CT molecular complexity index is 1330. The van der Waals surface area contributed by atoms with Gasteiger partial charge in [-0.1, -0.05) is 41.9 Å². The van der Waals surface area contributed by atoms with E-state index < -0.39 is 6.10 Å². The summed E-state index contributed by atoms with van der Waals surface area (Å²) < 4.78 is 11.8. The van der Waals surface area contributed by atoms with Gasteiger partial charge in [-0.15, -0.1) is 0 Å². The Hall–Kier alpha value is -2.90. The Kier molecular flexibility index (Phi) is 6.67. The van der Waals surface area contributed by atoms with E-state index in [1.165, 1.54) is 11.1 Å². The van der Waals surface area contributed by atoms with Crippen molar-refractivity contribution < 1.29 is 14.3 Å². The van der Waals surface area contributed by atoms with Crippen LogP contribution in [0.2, 0.25) is 5.02 Å². The molecule has 1 aliphatic carbocycles. The zero-order valence-corrected chi connectivity index (χ0v) is 20.9. The lowest BCUT2D eigenvalue weighted by Crippen LogP contribution is -2.49. The molecule has 0 bridgehead atoms. The van der Waals surface area contributed by atoms with E-state index in [9.17, 15) is 5.11 Å². The molecule has 6 rings (SSSR count). The second-order valence-corrected chi connectivity index (χ2v) is 10.1. The predicted octanol–water partition coefficient (Wildman–Crippen LogP) is 5.19. The zero-order chi connectivity index (χ0) is 24.5. The molecule has 0 spiro atoms.